The molecule has 5 heteroatoms. The Bertz CT molecular complexity index is 380. The molecule has 0 aliphatic carbocycles. The number of rotatable bonds is 5. The fourth-order valence-electron chi connectivity index (χ4n) is 1.51. The van der Waals surface area contributed by atoms with Gasteiger partial charge in [-0.25, -0.2) is 0 Å². The molecule has 0 saturated heterocycles. The van der Waals surface area contributed by atoms with Crippen LogP contribution in [0.2, 0.25) is 0 Å². The van der Waals surface area contributed by atoms with Crippen molar-refractivity contribution in [1.82, 2.24) is 0 Å². The lowest BCUT2D eigenvalue weighted by molar-refractivity contribution is -0.139. The molecule has 0 saturated carbocycles. The van der Waals surface area contributed by atoms with Crippen molar-refractivity contribution in [1.29, 1.82) is 0 Å². The number of carboxylic acids is 1. The minimum atomic E-state index is -1.12. The van der Waals surface area contributed by atoms with Gasteiger partial charge in [0.05, 0.1) is 0 Å². The highest BCUT2D eigenvalue weighted by Gasteiger charge is 2.26. The predicted octanol–water partition coefficient (Wildman–Crippen LogP) is 1.03. The van der Waals surface area contributed by atoms with Crippen molar-refractivity contribution >= 4 is 23.7 Å². The van der Waals surface area contributed by atoms with Gasteiger partial charge in [-0.15, -0.1) is 12.6 Å². The highest BCUT2D eigenvalue weighted by Crippen LogP contribution is 2.23. The molecule has 1 aromatic carbocycles. The maximum absolute atomic E-state index is 11.0. The average molecular weight is 239 g/mol. The summed E-state index contributed by atoms with van der Waals surface area (Å²) in [5, 5.41) is 8.50. The third kappa shape index (κ3) is 3.36. The van der Waals surface area contributed by atoms with Crippen LogP contribution in [0.5, 0.6) is 0 Å². The SMILES string of the molecule is N[C@H](C(=O)O)C(CC(=O)S)c1ccccc1. The lowest BCUT2D eigenvalue weighted by Gasteiger charge is -2.19. The highest BCUT2D eigenvalue weighted by molar-refractivity contribution is 7.96. The van der Waals surface area contributed by atoms with Crippen molar-refractivity contribution in [2.24, 2.45) is 5.73 Å². The third-order valence-electron chi connectivity index (χ3n) is 2.34. The first-order valence-electron chi connectivity index (χ1n) is 4.77. The van der Waals surface area contributed by atoms with Crippen molar-refractivity contribution in [2.75, 3.05) is 0 Å². The van der Waals surface area contributed by atoms with E-state index in [1.165, 1.54) is 0 Å². The second-order valence-electron chi connectivity index (χ2n) is 3.48. The largest absolute Gasteiger partial charge is 0.480 e. The quantitative estimate of drug-likeness (QED) is 0.670. The van der Waals surface area contributed by atoms with Gasteiger partial charge >= 0.3 is 5.97 Å². The molecule has 16 heavy (non-hydrogen) atoms. The summed E-state index contributed by atoms with van der Waals surface area (Å²) in [6, 6.07) is 7.78. The number of carboxylic acid groups (broad SMARTS) is 1. The minimum Gasteiger partial charge on any atom is -0.480 e. The summed E-state index contributed by atoms with van der Waals surface area (Å²) in [4.78, 5) is 21.8. The predicted molar refractivity (Wildman–Crippen MR) is 63.4 cm³/mol. The molecule has 1 rings (SSSR count). The molecule has 0 radical (unpaired) electrons. The van der Waals surface area contributed by atoms with Crippen molar-refractivity contribution in [3.8, 4) is 0 Å². The molecule has 0 aliphatic heterocycles. The van der Waals surface area contributed by atoms with Gasteiger partial charge in [-0.05, 0) is 5.56 Å². The maximum Gasteiger partial charge on any atom is 0.321 e. The van der Waals surface area contributed by atoms with Gasteiger partial charge in [0.25, 0.3) is 0 Å². The van der Waals surface area contributed by atoms with E-state index in [4.69, 9.17) is 10.8 Å². The van der Waals surface area contributed by atoms with E-state index in [-0.39, 0.29) is 11.5 Å². The van der Waals surface area contributed by atoms with Crippen LogP contribution in [0.15, 0.2) is 30.3 Å². The fraction of sp³-hybridized carbons (Fsp3) is 0.273. The minimum absolute atomic E-state index is 0.0145. The molecule has 3 N–H and O–H groups in total. The van der Waals surface area contributed by atoms with Crippen LogP contribution < -0.4 is 5.73 Å². The van der Waals surface area contributed by atoms with E-state index in [2.05, 4.69) is 12.6 Å². The second-order valence-corrected chi connectivity index (χ2v) is 3.98. The molecular weight excluding hydrogens is 226 g/mol. The average Bonchev–Trinajstić information content (AvgIpc) is 2.26. The van der Waals surface area contributed by atoms with E-state index < -0.39 is 17.9 Å². The Balaban J connectivity index is 2.96. The van der Waals surface area contributed by atoms with E-state index in [1.807, 2.05) is 6.07 Å². The van der Waals surface area contributed by atoms with Gasteiger partial charge in [0, 0.05) is 12.3 Å². The van der Waals surface area contributed by atoms with Crippen LogP contribution >= 0.6 is 12.6 Å². The molecule has 2 atom stereocenters. The molecule has 4 nitrogen and oxygen atoms in total. The summed E-state index contributed by atoms with van der Waals surface area (Å²) in [7, 11) is 0. The van der Waals surface area contributed by atoms with E-state index in [9.17, 15) is 9.59 Å². The van der Waals surface area contributed by atoms with Crippen LogP contribution in [0.3, 0.4) is 0 Å². The fourth-order valence-corrected chi connectivity index (χ4v) is 1.71. The molecule has 0 aromatic heterocycles. The molecule has 0 amide bonds. The number of carbonyl (C=O) groups is 2. The number of nitrogens with two attached hydrogens (primary N) is 1. The molecule has 0 fully saturated rings. The van der Waals surface area contributed by atoms with E-state index in [0.717, 1.165) is 5.56 Å². The van der Waals surface area contributed by atoms with Gasteiger partial charge < -0.3 is 10.8 Å². The number of hydrogen-bond acceptors (Lipinski definition) is 3. The van der Waals surface area contributed by atoms with Gasteiger partial charge in [0.2, 0.25) is 0 Å². The summed E-state index contributed by atoms with van der Waals surface area (Å²) in [5.41, 5.74) is 6.29. The number of benzene rings is 1. The van der Waals surface area contributed by atoms with Gasteiger partial charge in [0.15, 0.2) is 5.12 Å². The van der Waals surface area contributed by atoms with Crippen molar-refractivity contribution in [3.05, 3.63) is 35.9 Å². The summed E-state index contributed by atoms with van der Waals surface area (Å²) >= 11 is 3.66. The summed E-state index contributed by atoms with van der Waals surface area (Å²) in [6.07, 6.45) is 0.0145. The second kappa shape index (κ2) is 5.67. The van der Waals surface area contributed by atoms with Crippen LogP contribution in [-0.4, -0.2) is 22.2 Å². The van der Waals surface area contributed by atoms with Crippen molar-refractivity contribution < 1.29 is 14.7 Å². The molecule has 1 aromatic rings. The molecular formula is C11H13NO3S. The molecule has 0 spiro atoms. The third-order valence-corrected chi connectivity index (χ3v) is 2.52. The lowest BCUT2D eigenvalue weighted by Crippen LogP contribution is -2.37. The van der Waals surface area contributed by atoms with Gasteiger partial charge in [-0.3, -0.25) is 9.59 Å². The molecule has 0 heterocycles. The lowest BCUT2D eigenvalue weighted by atomic mass is 9.89. The topological polar surface area (TPSA) is 80.4 Å². The van der Waals surface area contributed by atoms with Crippen molar-refractivity contribution in [3.63, 3.8) is 0 Å². The first-order chi connectivity index (χ1) is 7.52. The van der Waals surface area contributed by atoms with E-state index in [0.29, 0.717) is 0 Å². The Morgan fingerprint density at radius 3 is 2.31 bits per heavy atom. The normalized spacial score (nSPS) is 14.1. The Morgan fingerprint density at radius 1 is 1.31 bits per heavy atom. The van der Waals surface area contributed by atoms with Gasteiger partial charge in [-0.2, -0.15) is 0 Å². The van der Waals surface area contributed by atoms with Crippen LogP contribution in [0, 0.1) is 0 Å². The van der Waals surface area contributed by atoms with Gasteiger partial charge in [-0.1, -0.05) is 30.3 Å². The molecule has 86 valence electrons. The molecule has 0 bridgehead atoms. The first-order valence-corrected chi connectivity index (χ1v) is 5.22. The van der Waals surface area contributed by atoms with Crippen LogP contribution in [0.4, 0.5) is 0 Å². The molecule has 1 unspecified atom stereocenters. The maximum atomic E-state index is 11.0. The van der Waals surface area contributed by atoms with Crippen LogP contribution in [0.1, 0.15) is 17.9 Å². The Hall–Kier alpha value is -1.33. The highest BCUT2D eigenvalue weighted by atomic mass is 32.1. The Morgan fingerprint density at radius 2 is 1.88 bits per heavy atom. The van der Waals surface area contributed by atoms with E-state index >= 15 is 0 Å². The number of thiol groups is 1. The number of carbonyl (C=O) groups excluding carboxylic acids is 1. The monoisotopic (exact) mass is 239 g/mol. The summed E-state index contributed by atoms with van der Waals surface area (Å²) in [6.45, 7) is 0. The zero-order chi connectivity index (χ0) is 12.1. The van der Waals surface area contributed by atoms with E-state index in [1.54, 1.807) is 24.3 Å². The van der Waals surface area contributed by atoms with Crippen LogP contribution in [0.25, 0.3) is 0 Å². The standard InChI is InChI=1S/C11H13NO3S/c12-10(11(14)15)8(6-9(13)16)7-4-2-1-3-5-7/h1-5,8,10H,6,12H2,(H,13,16)(H,14,15)/t8?,10-/m0/s1. The van der Waals surface area contributed by atoms with Gasteiger partial charge in [0.1, 0.15) is 6.04 Å². The zero-order valence-corrected chi connectivity index (χ0v) is 9.43. The Kier molecular flexibility index (Phi) is 4.52. The summed E-state index contributed by atoms with van der Waals surface area (Å²) in [5.74, 6) is -1.66. The number of hydrogen-bond donors (Lipinski definition) is 3. The zero-order valence-electron chi connectivity index (χ0n) is 8.54. The summed E-state index contributed by atoms with van der Waals surface area (Å²) < 4.78 is 0. The first kappa shape index (κ1) is 12.7. The smallest absolute Gasteiger partial charge is 0.321 e. The van der Waals surface area contributed by atoms with Crippen LogP contribution in [-0.2, 0) is 9.59 Å². The Labute approximate surface area is 98.9 Å². The molecule has 0 aliphatic rings. The number of aliphatic carboxylic acids is 1. The van der Waals surface area contributed by atoms with Crippen molar-refractivity contribution in [2.45, 2.75) is 18.4 Å².